The van der Waals surface area contributed by atoms with E-state index in [2.05, 4.69) is 0 Å². The van der Waals surface area contributed by atoms with E-state index in [9.17, 15) is 4.57 Å². The molecule has 0 radical (unpaired) electrons. The van der Waals surface area contributed by atoms with Gasteiger partial charge >= 0.3 is 8.25 Å². The fraction of sp³-hybridized carbons (Fsp3) is 1.00. The Balaban J connectivity index is 5.40. The van der Waals surface area contributed by atoms with Gasteiger partial charge in [-0.2, -0.15) is 0 Å². The van der Waals surface area contributed by atoms with E-state index in [0.717, 1.165) is 0 Å². The van der Waals surface area contributed by atoms with Crippen molar-refractivity contribution >= 4 is 8.25 Å². The minimum atomic E-state index is -3.12. The number of rotatable bonds is 9. The van der Waals surface area contributed by atoms with Gasteiger partial charge < -0.3 is 15.1 Å². The van der Waals surface area contributed by atoms with Crippen LogP contribution in [0.2, 0.25) is 0 Å². The first-order valence-corrected chi connectivity index (χ1v) is 7.47. The minimum absolute atomic E-state index is 0.0586. The smallest absolute Gasteiger partial charge is 0.318 e. The SMILES string of the molecule is CC(C)C(O[PH](=O)O)(C(C)C)N(CCO)CCO. The second kappa shape index (κ2) is 8.25. The normalized spacial score (nSPS) is 14.8. The quantitative estimate of drug-likeness (QED) is 0.426. The highest BCUT2D eigenvalue weighted by molar-refractivity contribution is 7.32. The third-order valence-corrected chi connectivity index (χ3v) is 3.64. The molecule has 18 heavy (non-hydrogen) atoms. The zero-order valence-corrected chi connectivity index (χ0v) is 12.6. The third-order valence-electron chi connectivity index (χ3n) is 3.14. The van der Waals surface area contributed by atoms with Crippen molar-refractivity contribution in [1.82, 2.24) is 4.90 Å². The van der Waals surface area contributed by atoms with E-state index in [1.165, 1.54) is 0 Å². The van der Waals surface area contributed by atoms with E-state index < -0.39 is 14.0 Å². The fourth-order valence-corrected chi connectivity index (χ4v) is 3.42. The van der Waals surface area contributed by atoms with Crippen molar-refractivity contribution in [3.8, 4) is 0 Å². The summed E-state index contributed by atoms with van der Waals surface area (Å²) in [5, 5.41) is 18.2. The summed E-state index contributed by atoms with van der Waals surface area (Å²) < 4.78 is 16.5. The van der Waals surface area contributed by atoms with Crippen molar-refractivity contribution in [2.24, 2.45) is 11.8 Å². The highest BCUT2D eigenvalue weighted by Gasteiger charge is 2.44. The predicted molar refractivity (Wildman–Crippen MR) is 70.5 cm³/mol. The number of hydrogen-bond acceptors (Lipinski definition) is 5. The van der Waals surface area contributed by atoms with Crippen LogP contribution >= 0.6 is 8.25 Å². The van der Waals surface area contributed by atoms with Crippen LogP contribution in [0.25, 0.3) is 0 Å². The summed E-state index contributed by atoms with van der Waals surface area (Å²) in [4.78, 5) is 10.9. The fourth-order valence-electron chi connectivity index (χ4n) is 2.54. The van der Waals surface area contributed by atoms with Crippen LogP contribution in [0.15, 0.2) is 0 Å². The summed E-state index contributed by atoms with van der Waals surface area (Å²) in [6, 6.07) is 0. The van der Waals surface area contributed by atoms with Gasteiger partial charge in [0.05, 0.1) is 13.2 Å². The molecule has 6 nitrogen and oxygen atoms in total. The van der Waals surface area contributed by atoms with Crippen LogP contribution in [0.3, 0.4) is 0 Å². The maximum absolute atomic E-state index is 11.1. The van der Waals surface area contributed by atoms with Crippen molar-refractivity contribution in [3.63, 3.8) is 0 Å². The van der Waals surface area contributed by atoms with Gasteiger partial charge in [-0.1, -0.05) is 27.7 Å². The van der Waals surface area contributed by atoms with Crippen molar-refractivity contribution in [2.45, 2.75) is 33.4 Å². The zero-order chi connectivity index (χ0) is 14.3. The molecule has 0 fully saturated rings. The molecule has 0 aromatic carbocycles. The topological polar surface area (TPSA) is 90.2 Å². The second-order valence-electron chi connectivity index (χ2n) is 4.86. The molecule has 0 spiro atoms. The summed E-state index contributed by atoms with van der Waals surface area (Å²) in [6.07, 6.45) is 0. The van der Waals surface area contributed by atoms with Crippen LogP contribution in [-0.2, 0) is 9.09 Å². The molecule has 110 valence electrons. The van der Waals surface area contributed by atoms with Crippen LogP contribution < -0.4 is 0 Å². The molecule has 0 aliphatic rings. The highest BCUT2D eigenvalue weighted by atomic mass is 31.1. The molecular weight excluding hydrogens is 257 g/mol. The lowest BCUT2D eigenvalue weighted by atomic mass is 9.86. The summed E-state index contributed by atoms with van der Waals surface area (Å²) in [6.45, 7) is 7.95. The molecule has 0 saturated heterocycles. The van der Waals surface area contributed by atoms with E-state index in [0.29, 0.717) is 0 Å². The lowest BCUT2D eigenvalue weighted by molar-refractivity contribution is -0.158. The van der Waals surface area contributed by atoms with Gasteiger partial charge in [0.15, 0.2) is 0 Å². The van der Waals surface area contributed by atoms with E-state index in [-0.39, 0.29) is 38.1 Å². The van der Waals surface area contributed by atoms with Crippen LogP contribution in [0, 0.1) is 11.8 Å². The minimum Gasteiger partial charge on any atom is -0.395 e. The standard InChI is InChI=1S/C11H26NO5P/c1-9(2)11(10(3)4,17-18(15)16)12(5-7-13)6-8-14/h9-10,13-14,18H,5-8H2,1-4H3,(H,15,16). The van der Waals surface area contributed by atoms with Gasteiger partial charge in [0.2, 0.25) is 0 Å². The van der Waals surface area contributed by atoms with Crippen molar-refractivity contribution < 1.29 is 24.2 Å². The summed E-state index contributed by atoms with van der Waals surface area (Å²) in [5.41, 5.74) is -0.962. The molecular formula is C11H26NO5P. The Kier molecular flexibility index (Phi) is 8.26. The third kappa shape index (κ3) is 4.30. The summed E-state index contributed by atoms with van der Waals surface area (Å²) in [7, 11) is -3.12. The average Bonchev–Trinajstić information content (AvgIpc) is 2.24. The van der Waals surface area contributed by atoms with Crippen LogP contribution in [0.1, 0.15) is 27.7 Å². The average molecular weight is 283 g/mol. The molecule has 0 aromatic rings. The largest absolute Gasteiger partial charge is 0.395 e. The Morgan fingerprint density at radius 2 is 1.50 bits per heavy atom. The molecule has 1 unspecified atom stereocenters. The van der Waals surface area contributed by atoms with Gasteiger partial charge in [0.25, 0.3) is 0 Å². The Bertz CT molecular complexity index is 246. The summed E-state index contributed by atoms with van der Waals surface area (Å²) >= 11 is 0. The zero-order valence-electron chi connectivity index (χ0n) is 11.6. The molecule has 0 heterocycles. The first-order valence-electron chi connectivity index (χ1n) is 6.21. The number of aliphatic hydroxyl groups excluding tert-OH is 2. The van der Waals surface area contributed by atoms with Crippen molar-refractivity contribution in [3.05, 3.63) is 0 Å². The lowest BCUT2D eigenvalue weighted by Gasteiger charge is -2.48. The maximum Gasteiger partial charge on any atom is 0.318 e. The van der Waals surface area contributed by atoms with E-state index in [1.54, 1.807) is 4.90 Å². The van der Waals surface area contributed by atoms with Gasteiger partial charge in [-0.05, 0) is 11.8 Å². The van der Waals surface area contributed by atoms with Crippen LogP contribution in [0.5, 0.6) is 0 Å². The second-order valence-corrected chi connectivity index (χ2v) is 5.60. The molecule has 1 atom stereocenters. The highest BCUT2D eigenvalue weighted by Crippen LogP contribution is 2.40. The van der Waals surface area contributed by atoms with Crippen molar-refractivity contribution in [2.75, 3.05) is 26.3 Å². The first-order chi connectivity index (χ1) is 8.32. The van der Waals surface area contributed by atoms with Crippen molar-refractivity contribution in [1.29, 1.82) is 0 Å². The van der Waals surface area contributed by atoms with Gasteiger partial charge in [0.1, 0.15) is 5.72 Å². The molecule has 0 bridgehead atoms. The molecule has 3 N–H and O–H groups in total. The Morgan fingerprint density at radius 3 is 1.72 bits per heavy atom. The summed E-state index contributed by atoms with van der Waals surface area (Å²) in [5.74, 6) is -0.117. The van der Waals surface area contributed by atoms with Gasteiger partial charge in [-0.15, -0.1) is 0 Å². The Hall–Kier alpha value is 0.0300. The Morgan fingerprint density at radius 1 is 1.11 bits per heavy atom. The van der Waals surface area contributed by atoms with Gasteiger partial charge in [-0.25, -0.2) is 0 Å². The molecule has 7 heteroatoms. The van der Waals surface area contributed by atoms with Crippen LogP contribution in [0.4, 0.5) is 0 Å². The maximum atomic E-state index is 11.1. The number of aliphatic hydroxyl groups is 2. The first kappa shape index (κ1) is 18.0. The molecule has 0 saturated carbocycles. The molecule has 0 aliphatic carbocycles. The molecule has 0 rings (SSSR count). The molecule has 0 amide bonds. The van der Waals surface area contributed by atoms with Gasteiger partial charge in [0, 0.05) is 13.1 Å². The lowest BCUT2D eigenvalue weighted by Crippen LogP contribution is -2.58. The number of nitrogens with zero attached hydrogens (tertiary/aromatic N) is 1. The van der Waals surface area contributed by atoms with Crippen LogP contribution in [-0.4, -0.2) is 52.0 Å². The molecule has 0 aliphatic heterocycles. The predicted octanol–water partition coefficient (Wildman–Crippen LogP) is 0.680. The van der Waals surface area contributed by atoms with E-state index >= 15 is 0 Å². The van der Waals surface area contributed by atoms with E-state index in [1.807, 2.05) is 27.7 Å². The Labute approximate surface area is 110 Å². The molecule has 0 aromatic heterocycles. The van der Waals surface area contributed by atoms with Gasteiger partial charge in [-0.3, -0.25) is 14.0 Å². The van der Waals surface area contributed by atoms with E-state index in [4.69, 9.17) is 19.6 Å². The monoisotopic (exact) mass is 283 g/mol. The number of hydrogen-bond donors (Lipinski definition) is 3.